The average molecular weight is 265 g/mol. The number of aliphatic hydroxyl groups excluding tert-OH is 1. The molecule has 0 aliphatic heterocycles. The van der Waals surface area contributed by atoms with Gasteiger partial charge in [0.2, 0.25) is 0 Å². The van der Waals surface area contributed by atoms with E-state index < -0.39 is 0 Å². The van der Waals surface area contributed by atoms with Crippen molar-refractivity contribution in [3.05, 3.63) is 41.8 Å². The lowest BCUT2D eigenvalue weighted by molar-refractivity contribution is 0.196. The van der Waals surface area contributed by atoms with Crippen molar-refractivity contribution < 1.29 is 9.50 Å². The van der Waals surface area contributed by atoms with E-state index in [0.717, 1.165) is 11.3 Å². The van der Waals surface area contributed by atoms with E-state index in [1.54, 1.807) is 43.1 Å². The Labute approximate surface area is 110 Å². The van der Waals surface area contributed by atoms with Crippen LogP contribution >= 0.6 is 11.8 Å². The number of nitrogens with zero attached hydrogens (tertiary/aromatic N) is 1. The number of rotatable bonds is 4. The first-order chi connectivity index (χ1) is 8.59. The summed E-state index contributed by atoms with van der Waals surface area (Å²) in [4.78, 5) is 4.25. The van der Waals surface area contributed by atoms with E-state index in [0.29, 0.717) is 10.9 Å². The van der Waals surface area contributed by atoms with Crippen LogP contribution in [0, 0.1) is 5.82 Å². The van der Waals surface area contributed by atoms with Crippen LogP contribution in [0.25, 0.3) is 10.9 Å². The van der Waals surface area contributed by atoms with Gasteiger partial charge in [-0.3, -0.25) is 4.98 Å². The molecule has 0 saturated heterocycles. The summed E-state index contributed by atoms with van der Waals surface area (Å²) < 4.78 is 13.6. The number of hydrogen-bond acceptors (Lipinski definition) is 3. The Kier molecular flexibility index (Phi) is 4.19. The molecular weight excluding hydrogens is 249 g/mol. The second-order valence-corrected chi connectivity index (χ2v) is 5.73. The fraction of sp³-hybridized carbons (Fsp3) is 0.357. The highest BCUT2D eigenvalue weighted by atomic mass is 32.2. The predicted octanol–water partition coefficient (Wildman–Crippen LogP) is 3.38. The first-order valence-corrected chi connectivity index (χ1v) is 6.96. The first-order valence-electron chi connectivity index (χ1n) is 5.91. The molecule has 4 heteroatoms. The Morgan fingerprint density at radius 2 is 2.11 bits per heavy atom. The number of pyridine rings is 1. The molecule has 2 unspecified atom stereocenters. The van der Waals surface area contributed by atoms with Crippen molar-refractivity contribution >= 4 is 22.7 Å². The van der Waals surface area contributed by atoms with E-state index in [2.05, 4.69) is 4.98 Å². The van der Waals surface area contributed by atoms with Gasteiger partial charge in [-0.15, -0.1) is 0 Å². The van der Waals surface area contributed by atoms with E-state index in [9.17, 15) is 9.50 Å². The molecule has 2 aromatic rings. The van der Waals surface area contributed by atoms with Crippen LogP contribution in [0.1, 0.15) is 19.4 Å². The Bertz CT molecular complexity index is 544. The maximum absolute atomic E-state index is 13.6. The van der Waals surface area contributed by atoms with Gasteiger partial charge in [0, 0.05) is 22.6 Å². The summed E-state index contributed by atoms with van der Waals surface area (Å²) in [5, 5.41) is 10.2. The smallest absolute Gasteiger partial charge is 0.132 e. The molecule has 0 aliphatic rings. The Hall–Kier alpha value is -1.13. The second-order valence-electron chi connectivity index (χ2n) is 4.36. The molecule has 0 amide bonds. The maximum Gasteiger partial charge on any atom is 0.132 e. The summed E-state index contributed by atoms with van der Waals surface area (Å²) in [6, 6.07) is 6.73. The van der Waals surface area contributed by atoms with Gasteiger partial charge in [-0.2, -0.15) is 11.8 Å². The van der Waals surface area contributed by atoms with Crippen LogP contribution in [-0.2, 0) is 5.75 Å². The number of benzene rings is 1. The summed E-state index contributed by atoms with van der Waals surface area (Å²) in [6.07, 6.45) is 1.32. The highest BCUT2D eigenvalue weighted by Gasteiger charge is 2.12. The summed E-state index contributed by atoms with van der Waals surface area (Å²) in [7, 11) is 0. The van der Waals surface area contributed by atoms with E-state index in [1.165, 1.54) is 6.07 Å². The van der Waals surface area contributed by atoms with Gasteiger partial charge in [0.05, 0.1) is 11.6 Å². The molecule has 0 bridgehead atoms. The zero-order valence-electron chi connectivity index (χ0n) is 10.4. The van der Waals surface area contributed by atoms with Crippen LogP contribution in [0.15, 0.2) is 30.5 Å². The van der Waals surface area contributed by atoms with Crippen LogP contribution in [0.4, 0.5) is 4.39 Å². The molecule has 1 aromatic carbocycles. The molecule has 96 valence electrons. The molecule has 0 aliphatic carbocycles. The van der Waals surface area contributed by atoms with Crippen molar-refractivity contribution in [2.75, 3.05) is 0 Å². The van der Waals surface area contributed by atoms with Gasteiger partial charge < -0.3 is 5.11 Å². The van der Waals surface area contributed by atoms with Gasteiger partial charge in [0.15, 0.2) is 0 Å². The maximum atomic E-state index is 13.6. The third kappa shape index (κ3) is 2.82. The standard InChI is InChI=1S/C14H16FNOS/c1-9(17)10(2)18-8-11-5-6-13(15)12-4-3-7-16-14(11)12/h3-7,9-10,17H,8H2,1-2H3. The lowest BCUT2D eigenvalue weighted by atomic mass is 10.1. The molecule has 1 aromatic heterocycles. The number of hydrogen-bond donors (Lipinski definition) is 1. The molecule has 0 spiro atoms. The minimum Gasteiger partial charge on any atom is -0.392 e. The van der Waals surface area contributed by atoms with Crippen LogP contribution in [0.3, 0.4) is 0 Å². The molecule has 1 N–H and O–H groups in total. The Morgan fingerprint density at radius 3 is 2.83 bits per heavy atom. The van der Waals surface area contributed by atoms with Crippen LogP contribution in [-0.4, -0.2) is 21.4 Å². The molecule has 0 saturated carbocycles. The van der Waals surface area contributed by atoms with Gasteiger partial charge in [-0.25, -0.2) is 4.39 Å². The third-order valence-corrected chi connectivity index (χ3v) is 4.38. The van der Waals surface area contributed by atoms with Crippen molar-refractivity contribution in [2.45, 2.75) is 31.0 Å². The fourth-order valence-corrected chi connectivity index (χ4v) is 2.63. The third-order valence-electron chi connectivity index (χ3n) is 2.98. The Balaban J connectivity index is 2.26. The highest BCUT2D eigenvalue weighted by molar-refractivity contribution is 7.99. The number of halogens is 1. The molecule has 2 atom stereocenters. The van der Waals surface area contributed by atoms with Gasteiger partial charge in [-0.1, -0.05) is 13.0 Å². The predicted molar refractivity (Wildman–Crippen MR) is 74.1 cm³/mol. The van der Waals surface area contributed by atoms with Crippen molar-refractivity contribution in [1.29, 1.82) is 0 Å². The lowest BCUT2D eigenvalue weighted by Crippen LogP contribution is -2.15. The van der Waals surface area contributed by atoms with E-state index in [1.807, 2.05) is 6.92 Å². The normalized spacial score (nSPS) is 14.7. The van der Waals surface area contributed by atoms with Crippen LogP contribution in [0.2, 0.25) is 0 Å². The van der Waals surface area contributed by atoms with Crippen LogP contribution < -0.4 is 0 Å². The summed E-state index contributed by atoms with van der Waals surface area (Å²) in [5.41, 5.74) is 1.72. The monoisotopic (exact) mass is 265 g/mol. The SMILES string of the molecule is CC(O)C(C)SCc1ccc(F)c2cccnc12. The molecule has 0 radical (unpaired) electrons. The number of aromatic nitrogens is 1. The highest BCUT2D eigenvalue weighted by Crippen LogP contribution is 2.26. The minimum absolute atomic E-state index is 0.147. The first kappa shape index (κ1) is 13.3. The second kappa shape index (κ2) is 5.67. The molecule has 2 rings (SSSR count). The largest absolute Gasteiger partial charge is 0.392 e. The molecular formula is C14H16FNOS. The van der Waals surface area contributed by atoms with Gasteiger partial charge in [0.1, 0.15) is 5.82 Å². The minimum atomic E-state index is -0.352. The van der Waals surface area contributed by atoms with E-state index in [-0.39, 0.29) is 17.2 Å². The van der Waals surface area contributed by atoms with E-state index >= 15 is 0 Å². The molecule has 1 heterocycles. The van der Waals surface area contributed by atoms with Gasteiger partial charge in [0.25, 0.3) is 0 Å². The molecule has 18 heavy (non-hydrogen) atoms. The fourth-order valence-electron chi connectivity index (χ4n) is 1.67. The average Bonchev–Trinajstić information content (AvgIpc) is 2.38. The van der Waals surface area contributed by atoms with Crippen molar-refractivity contribution in [3.8, 4) is 0 Å². The number of fused-ring (bicyclic) bond motifs is 1. The van der Waals surface area contributed by atoms with Crippen molar-refractivity contribution in [1.82, 2.24) is 4.98 Å². The molecule has 0 fully saturated rings. The van der Waals surface area contributed by atoms with Crippen molar-refractivity contribution in [3.63, 3.8) is 0 Å². The summed E-state index contributed by atoms with van der Waals surface area (Å²) >= 11 is 1.65. The summed E-state index contributed by atoms with van der Waals surface area (Å²) in [6.45, 7) is 3.76. The summed E-state index contributed by atoms with van der Waals surface area (Å²) in [5.74, 6) is 0.482. The quantitative estimate of drug-likeness (QED) is 0.920. The van der Waals surface area contributed by atoms with E-state index in [4.69, 9.17) is 0 Å². The van der Waals surface area contributed by atoms with Gasteiger partial charge in [-0.05, 0) is 30.7 Å². The Morgan fingerprint density at radius 1 is 1.33 bits per heavy atom. The van der Waals surface area contributed by atoms with Crippen molar-refractivity contribution in [2.24, 2.45) is 0 Å². The zero-order valence-corrected chi connectivity index (χ0v) is 11.2. The topological polar surface area (TPSA) is 33.1 Å². The number of aliphatic hydroxyl groups is 1. The van der Waals surface area contributed by atoms with Gasteiger partial charge >= 0.3 is 0 Å². The zero-order chi connectivity index (χ0) is 13.1. The lowest BCUT2D eigenvalue weighted by Gasteiger charge is -2.14. The molecule has 2 nitrogen and oxygen atoms in total. The van der Waals surface area contributed by atoms with Crippen LogP contribution in [0.5, 0.6) is 0 Å². The number of thioether (sulfide) groups is 1.